The Morgan fingerprint density at radius 1 is 1.43 bits per heavy atom. The van der Waals surface area contributed by atoms with Gasteiger partial charge in [0, 0.05) is 51.4 Å². The molecule has 0 radical (unpaired) electrons. The van der Waals surface area contributed by atoms with Gasteiger partial charge < -0.3 is 10.6 Å². The number of hydrogen-bond acceptors (Lipinski definition) is 5. The van der Waals surface area contributed by atoms with Gasteiger partial charge in [-0.05, 0) is 6.07 Å². The van der Waals surface area contributed by atoms with Crippen LogP contribution in [-0.4, -0.2) is 55.0 Å². The van der Waals surface area contributed by atoms with Gasteiger partial charge in [0.25, 0.3) is 11.6 Å². The van der Waals surface area contributed by atoms with Crippen molar-refractivity contribution in [2.45, 2.75) is 0 Å². The first-order chi connectivity index (χ1) is 10.1. The van der Waals surface area contributed by atoms with E-state index in [4.69, 9.17) is 11.6 Å². The molecule has 0 aromatic heterocycles. The lowest BCUT2D eigenvalue weighted by Crippen LogP contribution is -2.46. The summed E-state index contributed by atoms with van der Waals surface area (Å²) in [5.74, 6) is -0.315. The third-order valence-electron chi connectivity index (χ3n) is 3.33. The molecule has 1 aromatic carbocycles. The normalized spacial score (nSPS) is 15.7. The minimum absolute atomic E-state index is 0.0869. The zero-order valence-corrected chi connectivity index (χ0v) is 12.2. The van der Waals surface area contributed by atoms with Crippen LogP contribution in [0.1, 0.15) is 10.4 Å². The standard InChI is InChI=1S/C13H17ClN4O3/c14-12-9-10(18(20)21)1-2-11(12)13(19)16-5-8-17-6-3-15-4-7-17/h1-2,9,15H,3-8H2,(H,16,19). The fourth-order valence-electron chi connectivity index (χ4n) is 2.16. The van der Waals surface area contributed by atoms with E-state index in [1.165, 1.54) is 18.2 Å². The summed E-state index contributed by atoms with van der Waals surface area (Å²) < 4.78 is 0. The predicted molar refractivity (Wildman–Crippen MR) is 79.7 cm³/mol. The van der Waals surface area contributed by atoms with Crippen LogP contribution < -0.4 is 10.6 Å². The Kier molecular flexibility index (Phi) is 5.49. The fourth-order valence-corrected chi connectivity index (χ4v) is 2.42. The number of nitro benzene ring substituents is 1. The molecule has 0 spiro atoms. The van der Waals surface area contributed by atoms with Crippen molar-refractivity contribution in [3.8, 4) is 0 Å². The van der Waals surface area contributed by atoms with Crippen molar-refractivity contribution in [3.63, 3.8) is 0 Å². The Labute approximate surface area is 127 Å². The minimum atomic E-state index is -0.544. The van der Waals surface area contributed by atoms with Crippen LogP contribution in [0.2, 0.25) is 5.02 Å². The molecule has 2 rings (SSSR count). The monoisotopic (exact) mass is 312 g/mol. The molecule has 1 aliphatic heterocycles. The highest BCUT2D eigenvalue weighted by Crippen LogP contribution is 2.22. The number of nitro groups is 1. The molecule has 8 heteroatoms. The van der Waals surface area contributed by atoms with Crippen molar-refractivity contribution in [2.24, 2.45) is 0 Å². The zero-order valence-electron chi connectivity index (χ0n) is 11.5. The third-order valence-corrected chi connectivity index (χ3v) is 3.64. The van der Waals surface area contributed by atoms with E-state index in [0.717, 1.165) is 32.7 Å². The molecule has 0 atom stereocenters. The van der Waals surface area contributed by atoms with Crippen molar-refractivity contribution in [1.29, 1.82) is 0 Å². The number of non-ortho nitro benzene ring substituents is 1. The van der Waals surface area contributed by atoms with E-state index >= 15 is 0 Å². The number of benzene rings is 1. The second-order valence-electron chi connectivity index (χ2n) is 4.77. The Morgan fingerprint density at radius 3 is 2.76 bits per heavy atom. The van der Waals surface area contributed by atoms with Gasteiger partial charge in [0.05, 0.1) is 15.5 Å². The number of carbonyl (C=O) groups excluding carboxylic acids is 1. The largest absolute Gasteiger partial charge is 0.351 e. The number of carbonyl (C=O) groups is 1. The van der Waals surface area contributed by atoms with Crippen molar-refractivity contribution >= 4 is 23.2 Å². The maximum atomic E-state index is 12.0. The average Bonchev–Trinajstić information content (AvgIpc) is 2.48. The maximum Gasteiger partial charge on any atom is 0.270 e. The maximum absolute atomic E-state index is 12.0. The molecule has 1 heterocycles. The SMILES string of the molecule is O=C(NCCN1CCNCC1)c1ccc([N+](=O)[O-])cc1Cl. The molecule has 0 saturated carbocycles. The Hall–Kier alpha value is -1.70. The van der Waals surface area contributed by atoms with Gasteiger partial charge >= 0.3 is 0 Å². The van der Waals surface area contributed by atoms with Crippen LogP contribution in [-0.2, 0) is 0 Å². The van der Waals surface area contributed by atoms with Gasteiger partial charge in [-0.1, -0.05) is 11.6 Å². The van der Waals surface area contributed by atoms with Gasteiger partial charge in [-0.3, -0.25) is 19.8 Å². The van der Waals surface area contributed by atoms with Crippen molar-refractivity contribution in [2.75, 3.05) is 39.3 Å². The topological polar surface area (TPSA) is 87.5 Å². The summed E-state index contributed by atoms with van der Waals surface area (Å²) in [6, 6.07) is 3.84. The molecule has 0 bridgehead atoms. The van der Waals surface area contributed by atoms with E-state index in [1.54, 1.807) is 0 Å². The number of nitrogens with one attached hydrogen (secondary N) is 2. The van der Waals surface area contributed by atoms with Crippen LogP contribution in [0, 0.1) is 10.1 Å². The van der Waals surface area contributed by atoms with Crippen LogP contribution >= 0.6 is 11.6 Å². The predicted octanol–water partition coefficient (Wildman–Crippen LogP) is 0.883. The van der Waals surface area contributed by atoms with Gasteiger partial charge in [0.2, 0.25) is 0 Å². The summed E-state index contributed by atoms with van der Waals surface area (Å²) in [4.78, 5) is 24.3. The second kappa shape index (κ2) is 7.35. The fraction of sp³-hybridized carbons (Fsp3) is 0.462. The van der Waals surface area contributed by atoms with E-state index in [-0.39, 0.29) is 22.2 Å². The minimum Gasteiger partial charge on any atom is -0.351 e. The first kappa shape index (κ1) is 15.7. The number of hydrogen-bond donors (Lipinski definition) is 2. The quantitative estimate of drug-likeness (QED) is 0.622. The molecule has 1 aliphatic rings. The summed E-state index contributed by atoms with van der Waals surface area (Å²) in [7, 11) is 0. The summed E-state index contributed by atoms with van der Waals surface area (Å²) in [6.45, 7) is 5.15. The number of nitrogens with zero attached hydrogens (tertiary/aromatic N) is 2. The molecule has 1 aromatic rings. The van der Waals surface area contributed by atoms with Gasteiger partial charge in [0.15, 0.2) is 0 Å². The van der Waals surface area contributed by atoms with Crippen molar-refractivity contribution in [3.05, 3.63) is 38.9 Å². The lowest BCUT2D eigenvalue weighted by atomic mass is 10.2. The van der Waals surface area contributed by atoms with Crippen LogP contribution in [0.4, 0.5) is 5.69 Å². The highest BCUT2D eigenvalue weighted by Gasteiger charge is 2.15. The second-order valence-corrected chi connectivity index (χ2v) is 5.18. The Morgan fingerprint density at radius 2 is 2.14 bits per heavy atom. The van der Waals surface area contributed by atoms with Gasteiger partial charge in [0.1, 0.15) is 0 Å². The van der Waals surface area contributed by atoms with E-state index in [2.05, 4.69) is 15.5 Å². The first-order valence-electron chi connectivity index (χ1n) is 6.73. The molecule has 1 fully saturated rings. The highest BCUT2D eigenvalue weighted by atomic mass is 35.5. The number of rotatable bonds is 5. The van der Waals surface area contributed by atoms with Crippen LogP contribution in [0.3, 0.4) is 0 Å². The molecule has 21 heavy (non-hydrogen) atoms. The zero-order chi connectivity index (χ0) is 15.2. The van der Waals surface area contributed by atoms with Gasteiger partial charge in [-0.2, -0.15) is 0 Å². The molecule has 2 N–H and O–H groups in total. The summed E-state index contributed by atoms with van der Waals surface area (Å²) in [5.41, 5.74) is 0.125. The van der Waals surface area contributed by atoms with E-state index in [1.807, 2.05) is 0 Å². The van der Waals surface area contributed by atoms with E-state index in [0.29, 0.717) is 6.54 Å². The molecule has 0 unspecified atom stereocenters. The highest BCUT2D eigenvalue weighted by molar-refractivity contribution is 6.34. The molecule has 1 amide bonds. The Bertz CT molecular complexity index is 532. The molecule has 114 valence electrons. The summed E-state index contributed by atoms with van der Waals surface area (Å²) >= 11 is 5.91. The third kappa shape index (κ3) is 4.38. The lowest BCUT2D eigenvalue weighted by molar-refractivity contribution is -0.384. The van der Waals surface area contributed by atoms with Crippen LogP contribution in [0.25, 0.3) is 0 Å². The first-order valence-corrected chi connectivity index (χ1v) is 7.11. The lowest BCUT2D eigenvalue weighted by Gasteiger charge is -2.27. The molecule has 0 aliphatic carbocycles. The van der Waals surface area contributed by atoms with Crippen LogP contribution in [0.15, 0.2) is 18.2 Å². The van der Waals surface area contributed by atoms with E-state index in [9.17, 15) is 14.9 Å². The Balaban J connectivity index is 1.86. The van der Waals surface area contributed by atoms with Crippen LogP contribution in [0.5, 0.6) is 0 Å². The number of halogens is 1. The molecule has 1 saturated heterocycles. The molecule has 7 nitrogen and oxygen atoms in total. The smallest absolute Gasteiger partial charge is 0.270 e. The van der Waals surface area contributed by atoms with E-state index < -0.39 is 4.92 Å². The summed E-state index contributed by atoms with van der Waals surface area (Å²) in [6.07, 6.45) is 0. The average molecular weight is 313 g/mol. The summed E-state index contributed by atoms with van der Waals surface area (Å²) in [5, 5.41) is 16.7. The van der Waals surface area contributed by atoms with Gasteiger partial charge in [-0.25, -0.2) is 0 Å². The molecular weight excluding hydrogens is 296 g/mol. The van der Waals surface area contributed by atoms with Gasteiger partial charge in [-0.15, -0.1) is 0 Å². The molecular formula is C13H17ClN4O3. The van der Waals surface area contributed by atoms with Crippen molar-refractivity contribution < 1.29 is 9.72 Å². The van der Waals surface area contributed by atoms with Crippen molar-refractivity contribution in [1.82, 2.24) is 15.5 Å². The number of piperazine rings is 1. The number of amides is 1.